The van der Waals surface area contributed by atoms with E-state index >= 15 is 0 Å². The van der Waals surface area contributed by atoms with Crippen LogP contribution in [0.4, 0.5) is 0 Å². The maximum Gasteiger partial charge on any atom is 0.145 e. The summed E-state index contributed by atoms with van der Waals surface area (Å²) in [5.74, 6) is 1.49. The molecular weight excluding hydrogens is 272 g/mol. The van der Waals surface area contributed by atoms with E-state index in [-0.39, 0.29) is 0 Å². The molecule has 3 heteroatoms. The third-order valence-corrected chi connectivity index (χ3v) is 3.26. The van der Waals surface area contributed by atoms with E-state index in [1.54, 1.807) is 18.3 Å². The first-order valence-corrected chi connectivity index (χ1v) is 6.99. The minimum atomic E-state index is 0.633. The lowest BCUT2D eigenvalue weighted by atomic mass is 10.1. The van der Waals surface area contributed by atoms with Crippen molar-refractivity contribution < 1.29 is 4.42 Å². The highest BCUT2D eigenvalue weighted by molar-refractivity contribution is 5.77. The van der Waals surface area contributed by atoms with E-state index in [0.717, 1.165) is 22.6 Å². The molecule has 0 fully saturated rings. The molecular formula is C19H14N2O. The topological polar surface area (TPSA) is 49.3 Å². The predicted octanol–water partition coefficient (Wildman–Crippen LogP) is 4.44. The van der Waals surface area contributed by atoms with Crippen molar-refractivity contribution in [2.45, 2.75) is 6.54 Å². The van der Waals surface area contributed by atoms with Crippen LogP contribution in [0, 0.1) is 11.3 Å². The van der Waals surface area contributed by atoms with Crippen molar-refractivity contribution in [3.8, 4) is 17.4 Å². The predicted molar refractivity (Wildman–Crippen MR) is 86.6 cm³/mol. The van der Waals surface area contributed by atoms with Crippen LogP contribution in [0.3, 0.4) is 0 Å². The first-order chi connectivity index (χ1) is 10.8. The first kappa shape index (κ1) is 13.8. The fourth-order valence-electron chi connectivity index (χ4n) is 2.11. The third-order valence-electron chi connectivity index (χ3n) is 3.26. The maximum atomic E-state index is 8.80. The Hall–Kier alpha value is -3.12. The number of rotatable bonds is 4. The van der Waals surface area contributed by atoms with Crippen LogP contribution in [0.1, 0.15) is 16.9 Å². The molecule has 0 radical (unpaired) electrons. The lowest BCUT2D eigenvalue weighted by molar-refractivity contribution is 0.575. The summed E-state index contributed by atoms with van der Waals surface area (Å²) < 4.78 is 5.75. The van der Waals surface area contributed by atoms with Crippen molar-refractivity contribution in [3.05, 3.63) is 83.6 Å². The molecule has 0 unspecified atom stereocenters. The number of hydrogen-bond acceptors (Lipinski definition) is 3. The maximum absolute atomic E-state index is 8.80. The van der Waals surface area contributed by atoms with Gasteiger partial charge in [-0.25, -0.2) is 0 Å². The summed E-state index contributed by atoms with van der Waals surface area (Å²) >= 11 is 0. The van der Waals surface area contributed by atoms with Crippen LogP contribution in [-0.4, -0.2) is 6.21 Å². The van der Waals surface area contributed by atoms with Crippen molar-refractivity contribution in [1.29, 1.82) is 5.26 Å². The van der Waals surface area contributed by atoms with Crippen molar-refractivity contribution >= 4 is 6.21 Å². The van der Waals surface area contributed by atoms with Gasteiger partial charge in [0.25, 0.3) is 0 Å². The van der Waals surface area contributed by atoms with Gasteiger partial charge in [-0.1, -0.05) is 30.3 Å². The average molecular weight is 286 g/mol. The second kappa shape index (κ2) is 6.55. The third kappa shape index (κ3) is 3.31. The normalized spacial score (nSPS) is 10.7. The molecule has 0 bridgehead atoms. The summed E-state index contributed by atoms with van der Waals surface area (Å²) in [5.41, 5.74) is 2.75. The van der Waals surface area contributed by atoms with Gasteiger partial charge in [-0.05, 0) is 42.0 Å². The number of aliphatic imine (C=N–C) groups is 1. The molecule has 2 aromatic carbocycles. The van der Waals surface area contributed by atoms with Gasteiger partial charge in [0, 0.05) is 5.56 Å². The van der Waals surface area contributed by atoms with E-state index in [2.05, 4.69) is 11.1 Å². The zero-order valence-electron chi connectivity index (χ0n) is 11.9. The van der Waals surface area contributed by atoms with Gasteiger partial charge in [-0.3, -0.25) is 4.99 Å². The summed E-state index contributed by atoms with van der Waals surface area (Å²) in [6.45, 7) is 0.633. The summed E-state index contributed by atoms with van der Waals surface area (Å²) in [6.07, 6.45) is 1.74. The van der Waals surface area contributed by atoms with E-state index in [9.17, 15) is 0 Å². The summed E-state index contributed by atoms with van der Waals surface area (Å²) in [7, 11) is 0. The highest BCUT2D eigenvalue weighted by Gasteiger charge is 2.03. The van der Waals surface area contributed by atoms with Gasteiger partial charge in [0.15, 0.2) is 0 Å². The molecule has 22 heavy (non-hydrogen) atoms. The largest absolute Gasteiger partial charge is 0.455 e. The fraction of sp³-hybridized carbons (Fsp3) is 0.0526. The second-order valence-electron chi connectivity index (χ2n) is 4.85. The highest BCUT2D eigenvalue weighted by Crippen LogP contribution is 2.21. The molecule has 0 saturated heterocycles. The molecule has 0 saturated carbocycles. The molecule has 3 aromatic rings. The number of nitriles is 1. The van der Waals surface area contributed by atoms with Crippen LogP contribution in [-0.2, 0) is 6.54 Å². The van der Waals surface area contributed by atoms with E-state index < -0.39 is 0 Å². The molecule has 1 aromatic heterocycles. The Morgan fingerprint density at radius 1 is 0.955 bits per heavy atom. The summed E-state index contributed by atoms with van der Waals surface area (Å²) in [4.78, 5) is 4.38. The standard InChI is InChI=1S/C19H14N2O/c20-12-15-6-8-17(9-7-15)19-11-10-18(22-19)14-21-13-16-4-2-1-3-5-16/h1-11,14H,13H2. The molecule has 1 heterocycles. The molecule has 0 spiro atoms. The molecule has 106 valence electrons. The lowest BCUT2D eigenvalue weighted by Gasteiger charge is -1.96. The number of furan rings is 1. The Kier molecular flexibility index (Phi) is 4.12. The Bertz CT molecular complexity index is 809. The van der Waals surface area contributed by atoms with Crippen LogP contribution in [0.5, 0.6) is 0 Å². The van der Waals surface area contributed by atoms with E-state index in [1.807, 2.05) is 54.6 Å². The Balaban J connectivity index is 1.69. The molecule has 3 nitrogen and oxygen atoms in total. The first-order valence-electron chi connectivity index (χ1n) is 6.99. The van der Waals surface area contributed by atoms with Gasteiger partial charge in [-0.2, -0.15) is 5.26 Å². The highest BCUT2D eigenvalue weighted by atomic mass is 16.3. The number of nitrogens with zero attached hydrogens (tertiary/aromatic N) is 2. The summed E-state index contributed by atoms with van der Waals surface area (Å²) in [5, 5.41) is 8.80. The molecule has 0 aliphatic rings. The molecule has 3 rings (SSSR count). The zero-order valence-corrected chi connectivity index (χ0v) is 11.9. The molecule has 0 aliphatic carbocycles. The smallest absolute Gasteiger partial charge is 0.145 e. The van der Waals surface area contributed by atoms with Crippen LogP contribution in [0.2, 0.25) is 0 Å². The van der Waals surface area contributed by atoms with Crippen molar-refractivity contribution in [2.75, 3.05) is 0 Å². The second-order valence-corrected chi connectivity index (χ2v) is 4.85. The van der Waals surface area contributed by atoms with Crippen LogP contribution >= 0.6 is 0 Å². The molecule has 0 aliphatic heterocycles. The van der Waals surface area contributed by atoms with Gasteiger partial charge in [0.2, 0.25) is 0 Å². The lowest BCUT2D eigenvalue weighted by Crippen LogP contribution is -1.82. The fourth-order valence-corrected chi connectivity index (χ4v) is 2.11. The van der Waals surface area contributed by atoms with E-state index in [4.69, 9.17) is 9.68 Å². The van der Waals surface area contributed by atoms with Gasteiger partial charge in [0.05, 0.1) is 24.4 Å². The quantitative estimate of drug-likeness (QED) is 0.666. The Morgan fingerprint density at radius 2 is 1.73 bits per heavy atom. The Morgan fingerprint density at radius 3 is 2.45 bits per heavy atom. The zero-order chi connectivity index (χ0) is 15.2. The SMILES string of the molecule is N#Cc1ccc(-c2ccc(C=NCc3ccccc3)o2)cc1. The summed E-state index contributed by atoms with van der Waals surface area (Å²) in [6, 6.07) is 23.3. The van der Waals surface area contributed by atoms with Crippen molar-refractivity contribution in [3.63, 3.8) is 0 Å². The van der Waals surface area contributed by atoms with Gasteiger partial charge in [-0.15, -0.1) is 0 Å². The van der Waals surface area contributed by atoms with E-state index in [0.29, 0.717) is 12.1 Å². The van der Waals surface area contributed by atoms with Crippen LogP contribution in [0.25, 0.3) is 11.3 Å². The van der Waals surface area contributed by atoms with Gasteiger partial charge < -0.3 is 4.42 Å². The van der Waals surface area contributed by atoms with Crippen LogP contribution in [0.15, 0.2) is 76.1 Å². The number of hydrogen-bond donors (Lipinski definition) is 0. The van der Waals surface area contributed by atoms with E-state index in [1.165, 1.54) is 0 Å². The average Bonchev–Trinajstić information content (AvgIpc) is 3.05. The number of benzene rings is 2. The minimum Gasteiger partial charge on any atom is -0.455 e. The van der Waals surface area contributed by atoms with Crippen LogP contribution < -0.4 is 0 Å². The molecule has 0 atom stereocenters. The monoisotopic (exact) mass is 286 g/mol. The van der Waals surface area contributed by atoms with Gasteiger partial charge >= 0.3 is 0 Å². The van der Waals surface area contributed by atoms with Crippen molar-refractivity contribution in [2.24, 2.45) is 4.99 Å². The molecule has 0 amide bonds. The minimum absolute atomic E-state index is 0.633. The molecule has 0 N–H and O–H groups in total. The van der Waals surface area contributed by atoms with Gasteiger partial charge in [0.1, 0.15) is 11.5 Å². The van der Waals surface area contributed by atoms with Crippen molar-refractivity contribution in [1.82, 2.24) is 0 Å². The Labute approximate surface area is 129 Å².